The lowest BCUT2D eigenvalue weighted by Gasteiger charge is -2.29. The monoisotopic (exact) mass is 638 g/mol. The van der Waals surface area contributed by atoms with Gasteiger partial charge in [-0.05, 0) is 71.2 Å². The number of hydrogen-bond acceptors (Lipinski definition) is 9. The molecule has 1 aromatic carbocycles. The minimum atomic E-state index is -0.421. The van der Waals surface area contributed by atoms with Crippen molar-refractivity contribution in [3.8, 4) is 17.0 Å². The fourth-order valence-electron chi connectivity index (χ4n) is 5.06. The molecule has 0 aliphatic carbocycles. The molecule has 244 valence electrons. The molecule has 4 rings (SSSR count). The highest BCUT2D eigenvalue weighted by molar-refractivity contribution is 7.22. The fraction of sp³-hybridized carbons (Fsp3) is 0.559. The lowest BCUT2D eigenvalue weighted by Crippen LogP contribution is -2.39. The smallest absolute Gasteiger partial charge is 0.414 e. The fourth-order valence-corrected chi connectivity index (χ4v) is 5.98. The van der Waals surface area contributed by atoms with E-state index in [1.54, 1.807) is 11.1 Å². The van der Waals surface area contributed by atoms with Gasteiger partial charge in [-0.1, -0.05) is 55.9 Å². The van der Waals surface area contributed by atoms with Gasteiger partial charge in [-0.15, -0.1) is 0 Å². The predicted octanol–water partition coefficient (Wildman–Crippen LogP) is 8.28. The molecular formula is C34H46N4O6S. The number of unbranched alkanes of at least 4 members (excludes halogenated alkanes) is 7. The minimum absolute atomic E-state index is 0.0244. The molecule has 0 fully saturated rings. The first-order valence-electron chi connectivity index (χ1n) is 16.0. The Labute approximate surface area is 269 Å². The molecular weight excluding hydrogens is 592 g/mol. The number of esters is 1. The minimum Gasteiger partial charge on any atom is -0.474 e. The number of nitrogens with zero attached hydrogens (tertiary/aromatic N) is 3. The second-order valence-corrected chi connectivity index (χ2v) is 13.7. The molecule has 10 nitrogen and oxygen atoms in total. The maximum absolute atomic E-state index is 12.7. The van der Waals surface area contributed by atoms with Crippen molar-refractivity contribution in [3.05, 3.63) is 30.5 Å². The molecule has 0 spiro atoms. The summed E-state index contributed by atoms with van der Waals surface area (Å²) in [4.78, 5) is 47.6. The number of anilines is 2. The molecule has 2 amide bonds. The van der Waals surface area contributed by atoms with Gasteiger partial charge < -0.3 is 19.5 Å². The van der Waals surface area contributed by atoms with Crippen LogP contribution in [-0.2, 0) is 19.1 Å². The Morgan fingerprint density at radius 3 is 2.36 bits per heavy atom. The van der Waals surface area contributed by atoms with Gasteiger partial charge >= 0.3 is 12.1 Å². The van der Waals surface area contributed by atoms with Crippen LogP contribution in [0.5, 0.6) is 5.88 Å². The summed E-state index contributed by atoms with van der Waals surface area (Å²) in [6.45, 7) is 10.1. The van der Waals surface area contributed by atoms with Crippen molar-refractivity contribution in [2.75, 3.05) is 23.4 Å². The summed E-state index contributed by atoms with van der Waals surface area (Å²) in [7, 11) is 0. The number of nitrogens with one attached hydrogen (secondary N) is 1. The molecule has 0 unspecified atom stereocenters. The molecule has 0 bridgehead atoms. The summed E-state index contributed by atoms with van der Waals surface area (Å²) in [6.07, 6.45) is 10.3. The molecule has 0 saturated carbocycles. The second kappa shape index (κ2) is 16.0. The van der Waals surface area contributed by atoms with E-state index in [0.717, 1.165) is 72.7 Å². The van der Waals surface area contributed by atoms with Crippen molar-refractivity contribution in [1.29, 1.82) is 0 Å². The first-order chi connectivity index (χ1) is 21.5. The van der Waals surface area contributed by atoms with Crippen molar-refractivity contribution >= 4 is 50.3 Å². The van der Waals surface area contributed by atoms with E-state index in [-0.39, 0.29) is 18.0 Å². The van der Waals surface area contributed by atoms with Gasteiger partial charge in [0.2, 0.25) is 11.8 Å². The quantitative estimate of drug-likeness (QED) is 0.138. The van der Waals surface area contributed by atoms with E-state index in [2.05, 4.69) is 15.3 Å². The number of aromatic nitrogens is 2. The standard InChI is InChI=1S/C34H46N4O6S/c1-23(2)43-33(41)38-18-19-42-31-27(38)20-25(22-35-31)24-16-17-26-28(21-24)45-32(36-26)37-29(39)14-12-10-8-6-7-9-11-13-15-30(40)44-34(3,4)5/h16-17,20-23H,6-15,18-19H2,1-5H3,(H,36,37,39). The zero-order valence-corrected chi connectivity index (χ0v) is 28.0. The SMILES string of the molecule is CC(C)OC(=O)N1CCOc2ncc(-c3ccc4nc(NC(=O)CCCCCCCCCCC(=O)OC(C)(C)C)sc4c3)cc21. The van der Waals surface area contributed by atoms with Crippen LogP contribution in [0.2, 0.25) is 0 Å². The molecule has 11 heteroatoms. The zero-order chi connectivity index (χ0) is 32.4. The normalized spacial score (nSPS) is 13.0. The summed E-state index contributed by atoms with van der Waals surface area (Å²) in [6, 6.07) is 7.79. The van der Waals surface area contributed by atoms with Crippen molar-refractivity contribution < 1.29 is 28.6 Å². The molecule has 45 heavy (non-hydrogen) atoms. The topological polar surface area (TPSA) is 120 Å². The summed E-state index contributed by atoms with van der Waals surface area (Å²) in [5.74, 6) is 0.264. The average molecular weight is 639 g/mol. The average Bonchev–Trinajstić information content (AvgIpc) is 3.37. The lowest BCUT2D eigenvalue weighted by atomic mass is 10.1. The van der Waals surface area contributed by atoms with Gasteiger partial charge in [-0.25, -0.2) is 14.8 Å². The van der Waals surface area contributed by atoms with E-state index >= 15 is 0 Å². The van der Waals surface area contributed by atoms with E-state index in [1.165, 1.54) is 11.3 Å². The molecule has 3 aromatic rings. The number of thiazole rings is 1. The highest BCUT2D eigenvalue weighted by Crippen LogP contribution is 2.36. The van der Waals surface area contributed by atoms with Crippen LogP contribution in [0.15, 0.2) is 30.5 Å². The number of pyridine rings is 1. The highest BCUT2D eigenvalue weighted by atomic mass is 32.1. The van der Waals surface area contributed by atoms with Gasteiger partial charge in [0.1, 0.15) is 17.9 Å². The zero-order valence-electron chi connectivity index (χ0n) is 27.1. The first-order valence-corrected chi connectivity index (χ1v) is 16.8. The van der Waals surface area contributed by atoms with Crippen LogP contribution in [0.25, 0.3) is 21.3 Å². The summed E-state index contributed by atoms with van der Waals surface area (Å²) >= 11 is 1.43. The van der Waals surface area contributed by atoms with Gasteiger partial charge in [0.25, 0.3) is 0 Å². The van der Waals surface area contributed by atoms with Crippen LogP contribution >= 0.6 is 11.3 Å². The summed E-state index contributed by atoms with van der Waals surface area (Å²) in [5, 5.41) is 3.54. The van der Waals surface area contributed by atoms with E-state index in [4.69, 9.17) is 14.2 Å². The summed E-state index contributed by atoms with van der Waals surface area (Å²) < 4.78 is 17.4. The number of benzene rings is 1. The number of amides is 2. The second-order valence-electron chi connectivity index (χ2n) is 12.6. The largest absolute Gasteiger partial charge is 0.474 e. The van der Waals surface area contributed by atoms with E-state index in [9.17, 15) is 14.4 Å². The molecule has 0 atom stereocenters. The Morgan fingerprint density at radius 1 is 0.978 bits per heavy atom. The van der Waals surface area contributed by atoms with Crippen LogP contribution in [0, 0.1) is 0 Å². The number of ether oxygens (including phenoxy) is 3. The maximum atomic E-state index is 12.7. The predicted molar refractivity (Wildman–Crippen MR) is 178 cm³/mol. The number of carbonyl (C=O) groups excluding carboxylic acids is 3. The number of rotatable bonds is 14. The van der Waals surface area contributed by atoms with E-state index in [0.29, 0.717) is 42.7 Å². The molecule has 1 N–H and O–H groups in total. The van der Waals surface area contributed by atoms with Crippen LogP contribution < -0.4 is 15.0 Å². The molecule has 1 aliphatic rings. The Kier molecular flexibility index (Phi) is 12.2. The van der Waals surface area contributed by atoms with E-state index in [1.807, 2.05) is 58.9 Å². The number of carbonyl (C=O) groups is 3. The van der Waals surface area contributed by atoms with Gasteiger partial charge in [0, 0.05) is 24.6 Å². The Balaban J connectivity index is 1.20. The Hall–Kier alpha value is -3.73. The van der Waals surface area contributed by atoms with Gasteiger partial charge in [0.15, 0.2) is 5.13 Å². The third kappa shape index (κ3) is 10.7. The van der Waals surface area contributed by atoms with Crippen LogP contribution in [0.1, 0.15) is 98.8 Å². The highest BCUT2D eigenvalue weighted by Gasteiger charge is 2.27. The first kappa shape index (κ1) is 34.1. The van der Waals surface area contributed by atoms with Crippen molar-refractivity contribution in [3.63, 3.8) is 0 Å². The summed E-state index contributed by atoms with van der Waals surface area (Å²) in [5.41, 5.74) is 2.73. The van der Waals surface area contributed by atoms with Crippen molar-refractivity contribution in [1.82, 2.24) is 9.97 Å². The number of fused-ring (bicyclic) bond motifs is 2. The molecule has 0 radical (unpaired) electrons. The Morgan fingerprint density at radius 2 is 1.67 bits per heavy atom. The molecule has 0 saturated heterocycles. The van der Waals surface area contributed by atoms with Crippen LogP contribution in [-0.4, -0.2) is 52.8 Å². The number of hydrogen-bond donors (Lipinski definition) is 1. The van der Waals surface area contributed by atoms with Gasteiger partial charge in [-0.3, -0.25) is 14.5 Å². The molecule has 3 heterocycles. The Bertz CT molecular complexity index is 1460. The van der Waals surface area contributed by atoms with Crippen LogP contribution in [0.4, 0.5) is 15.6 Å². The third-order valence-electron chi connectivity index (χ3n) is 7.16. The van der Waals surface area contributed by atoms with Gasteiger partial charge in [0.05, 0.1) is 22.9 Å². The molecule has 2 aromatic heterocycles. The van der Waals surface area contributed by atoms with E-state index < -0.39 is 11.7 Å². The van der Waals surface area contributed by atoms with Crippen molar-refractivity contribution in [2.45, 2.75) is 111 Å². The maximum Gasteiger partial charge on any atom is 0.414 e. The van der Waals surface area contributed by atoms with Crippen molar-refractivity contribution in [2.24, 2.45) is 0 Å². The van der Waals surface area contributed by atoms with Crippen LogP contribution in [0.3, 0.4) is 0 Å². The lowest BCUT2D eigenvalue weighted by molar-refractivity contribution is -0.154. The van der Waals surface area contributed by atoms with Gasteiger partial charge in [-0.2, -0.15) is 0 Å². The molecule has 1 aliphatic heterocycles. The third-order valence-corrected chi connectivity index (χ3v) is 8.09.